The van der Waals surface area contributed by atoms with E-state index in [-0.39, 0.29) is 11.5 Å². The molecule has 3 aromatic rings. The lowest BCUT2D eigenvalue weighted by molar-refractivity contribution is -0.139. The van der Waals surface area contributed by atoms with Gasteiger partial charge in [-0.1, -0.05) is 48.5 Å². The normalized spacial score (nSPS) is 14.9. The molecule has 4 N–H and O–H groups in total. The molecular formula is C30H27N5O7. The summed E-state index contributed by atoms with van der Waals surface area (Å²) in [4.78, 5) is 79.5. The van der Waals surface area contributed by atoms with Crippen LogP contribution in [-0.4, -0.2) is 65.5 Å². The maximum absolute atomic E-state index is 13.9. The van der Waals surface area contributed by atoms with Crippen molar-refractivity contribution in [2.45, 2.75) is 25.6 Å². The Balaban J connectivity index is 1.70. The number of aldehydes is 1. The van der Waals surface area contributed by atoms with Crippen molar-refractivity contribution in [3.63, 3.8) is 0 Å². The molecule has 1 aliphatic rings. The topological polar surface area (TPSA) is 174 Å². The van der Waals surface area contributed by atoms with Gasteiger partial charge in [-0.25, -0.2) is 4.99 Å². The Kier molecular flexibility index (Phi) is 9.17. The molecule has 2 atom stereocenters. The Labute approximate surface area is 240 Å². The van der Waals surface area contributed by atoms with E-state index in [1.165, 1.54) is 31.2 Å². The van der Waals surface area contributed by atoms with Crippen molar-refractivity contribution in [2.75, 3.05) is 16.8 Å². The number of aliphatic imine (C=N–C) groups is 1. The van der Waals surface area contributed by atoms with Crippen molar-refractivity contribution in [3.8, 4) is 0 Å². The lowest BCUT2D eigenvalue weighted by Crippen LogP contribution is -2.51. The molecule has 0 saturated heterocycles. The van der Waals surface area contributed by atoms with Crippen molar-refractivity contribution in [1.29, 1.82) is 0 Å². The second-order valence-electron chi connectivity index (χ2n) is 9.33. The number of fused-ring (bicyclic) bond motifs is 1. The van der Waals surface area contributed by atoms with Crippen molar-refractivity contribution >= 4 is 53.0 Å². The number of carbonyl (C=O) groups is 6. The van der Waals surface area contributed by atoms with Crippen LogP contribution in [0.2, 0.25) is 0 Å². The summed E-state index contributed by atoms with van der Waals surface area (Å²) in [6.07, 6.45) is -1.77. The van der Waals surface area contributed by atoms with Gasteiger partial charge in [0.2, 0.25) is 18.0 Å². The Morgan fingerprint density at radius 3 is 2.29 bits per heavy atom. The summed E-state index contributed by atoms with van der Waals surface area (Å²) in [5.74, 6) is -3.69. The standard InChI is InChI=1S/C30H27N5O7/c1-18(37)31-21-13-11-20(12-14-21)29(41)34-28-30(42)35(16-25(38)32-22(17-36)15-26(39)40)24-10-6-5-9-23(24)27(33-28)19-7-3-2-4-8-19/h2-14,17,22,28H,15-16H2,1H3,(H,31,37)(H,32,38)(H,34,41)(H,39,40)/t22-,28?/m0/s1. The molecule has 0 fully saturated rings. The number of nitrogens with one attached hydrogen (secondary N) is 3. The molecule has 1 unspecified atom stereocenters. The third-order valence-electron chi connectivity index (χ3n) is 6.20. The Morgan fingerprint density at radius 1 is 0.976 bits per heavy atom. The number of carboxylic acid groups (broad SMARTS) is 1. The molecule has 3 aromatic carbocycles. The van der Waals surface area contributed by atoms with Crippen LogP contribution in [0.3, 0.4) is 0 Å². The Bertz CT molecular complexity index is 1550. The van der Waals surface area contributed by atoms with Crippen LogP contribution in [0, 0.1) is 0 Å². The molecule has 0 radical (unpaired) electrons. The highest BCUT2D eigenvalue weighted by atomic mass is 16.4. The second-order valence-corrected chi connectivity index (χ2v) is 9.33. The van der Waals surface area contributed by atoms with Crippen LogP contribution in [0.15, 0.2) is 83.9 Å². The molecule has 0 aromatic heterocycles. The number of aliphatic carboxylic acids is 1. The lowest BCUT2D eigenvalue weighted by Gasteiger charge is -2.25. The zero-order valence-electron chi connectivity index (χ0n) is 22.4. The molecule has 0 saturated carbocycles. The number of benzodiazepines with no additional fused rings is 1. The minimum Gasteiger partial charge on any atom is -0.481 e. The zero-order valence-corrected chi connectivity index (χ0v) is 22.4. The molecule has 0 aliphatic carbocycles. The van der Waals surface area contributed by atoms with E-state index in [9.17, 15) is 28.8 Å². The van der Waals surface area contributed by atoms with Gasteiger partial charge in [-0.2, -0.15) is 0 Å². The SMILES string of the molecule is CC(=O)Nc1ccc(C(=O)NC2N=C(c3ccccc3)c3ccccc3N(CC(=O)N[C@H](C=O)CC(=O)O)C2=O)cc1. The predicted octanol–water partition coefficient (Wildman–Crippen LogP) is 1.74. The molecular weight excluding hydrogens is 542 g/mol. The Hall–Kier alpha value is -5.65. The zero-order chi connectivity index (χ0) is 30.2. The number of amides is 4. The molecule has 4 amide bonds. The van der Waals surface area contributed by atoms with Crippen LogP contribution in [0.25, 0.3) is 0 Å². The van der Waals surface area contributed by atoms with E-state index < -0.39 is 48.9 Å². The number of nitrogens with zero attached hydrogens (tertiary/aromatic N) is 2. The van der Waals surface area contributed by atoms with E-state index in [0.29, 0.717) is 34.5 Å². The second kappa shape index (κ2) is 13.1. The van der Waals surface area contributed by atoms with Gasteiger partial charge in [0.05, 0.1) is 23.9 Å². The van der Waals surface area contributed by atoms with Crippen LogP contribution in [0.1, 0.15) is 34.8 Å². The van der Waals surface area contributed by atoms with Gasteiger partial charge in [0.25, 0.3) is 11.8 Å². The summed E-state index contributed by atoms with van der Waals surface area (Å²) in [6, 6.07) is 20.5. The largest absolute Gasteiger partial charge is 0.481 e. The number of hydrogen-bond donors (Lipinski definition) is 4. The first-order valence-electron chi connectivity index (χ1n) is 12.8. The summed E-state index contributed by atoms with van der Waals surface area (Å²) in [5, 5.41) is 16.6. The van der Waals surface area contributed by atoms with E-state index in [1.807, 2.05) is 6.07 Å². The number of carbonyl (C=O) groups excluding carboxylic acids is 5. The molecule has 1 heterocycles. The Morgan fingerprint density at radius 2 is 1.64 bits per heavy atom. The maximum Gasteiger partial charge on any atom is 0.305 e. The first-order chi connectivity index (χ1) is 20.2. The maximum atomic E-state index is 13.9. The summed E-state index contributed by atoms with van der Waals surface area (Å²) < 4.78 is 0. The van der Waals surface area contributed by atoms with Crippen LogP contribution >= 0.6 is 0 Å². The average molecular weight is 570 g/mol. The highest BCUT2D eigenvalue weighted by Gasteiger charge is 2.34. The molecule has 0 spiro atoms. The lowest BCUT2D eigenvalue weighted by atomic mass is 10.0. The highest BCUT2D eigenvalue weighted by Crippen LogP contribution is 2.28. The minimum absolute atomic E-state index is 0.196. The van der Waals surface area contributed by atoms with Crippen molar-refractivity contribution < 1.29 is 33.9 Å². The van der Waals surface area contributed by atoms with Crippen molar-refractivity contribution in [2.24, 2.45) is 4.99 Å². The number of carboxylic acids is 1. The molecule has 4 rings (SSSR count). The van der Waals surface area contributed by atoms with Crippen LogP contribution < -0.4 is 20.9 Å². The molecule has 0 bridgehead atoms. The van der Waals surface area contributed by atoms with Gasteiger partial charge in [-0.05, 0) is 30.3 Å². The highest BCUT2D eigenvalue weighted by molar-refractivity contribution is 6.21. The summed E-state index contributed by atoms with van der Waals surface area (Å²) in [7, 11) is 0. The third kappa shape index (κ3) is 7.10. The van der Waals surface area contributed by atoms with Gasteiger partial charge in [0.1, 0.15) is 12.8 Å². The van der Waals surface area contributed by atoms with Crippen molar-refractivity contribution in [3.05, 3.63) is 95.6 Å². The third-order valence-corrected chi connectivity index (χ3v) is 6.20. The van der Waals surface area contributed by atoms with E-state index in [1.54, 1.807) is 48.5 Å². The fraction of sp³-hybridized carbons (Fsp3) is 0.167. The van der Waals surface area contributed by atoms with E-state index >= 15 is 0 Å². The smallest absolute Gasteiger partial charge is 0.305 e. The van der Waals surface area contributed by atoms with Crippen LogP contribution in [0.5, 0.6) is 0 Å². The van der Waals surface area contributed by atoms with Gasteiger partial charge in [0.15, 0.2) is 0 Å². The van der Waals surface area contributed by atoms with E-state index in [2.05, 4.69) is 20.9 Å². The first kappa shape index (κ1) is 29.3. The number of benzene rings is 3. The summed E-state index contributed by atoms with van der Waals surface area (Å²) >= 11 is 0. The van der Waals surface area contributed by atoms with E-state index in [0.717, 1.165) is 4.90 Å². The number of hydrogen-bond acceptors (Lipinski definition) is 7. The molecule has 12 heteroatoms. The summed E-state index contributed by atoms with van der Waals surface area (Å²) in [6.45, 7) is 0.783. The quantitative estimate of drug-likeness (QED) is 0.269. The van der Waals surface area contributed by atoms with E-state index in [4.69, 9.17) is 5.11 Å². The number of anilines is 2. The number of para-hydroxylation sites is 1. The van der Waals surface area contributed by atoms with Gasteiger partial charge in [-0.3, -0.25) is 28.9 Å². The number of rotatable bonds is 10. The predicted molar refractivity (Wildman–Crippen MR) is 153 cm³/mol. The van der Waals surface area contributed by atoms with Gasteiger partial charge < -0.3 is 25.9 Å². The molecule has 42 heavy (non-hydrogen) atoms. The first-order valence-corrected chi connectivity index (χ1v) is 12.8. The van der Waals surface area contributed by atoms with Crippen molar-refractivity contribution in [1.82, 2.24) is 10.6 Å². The summed E-state index contributed by atoms with van der Waals surface area (Å²) in [5.41, 5.74) is 2.58. The van der Waals surface area contributed by atoms with Gasteiger partial charge in [0, 0.05) is 29.3 Å². The van der Waals surface area contributed by atoms with Gasteiger partial charge in [-0.15, -0.1) is 0 Å². The van der Waals surface area contributed by atoms with Crippen LogP contribution in [0.4, 0.5) is 11.4 Å². The minimum atomic E-state index is -1.45. The fourth-order valence-electron chi connectivity index (χ4n) is 4.35. The van der Waals surface area contributed by atoms with Gasteiger partial charge >= 0.3 is 5.97 Å². The molecule has 1 aliphatic heterocycles. The molecule has 12 nitrogen and oxygen atoms in total. The fourth-order valence-corrected chi connectivity index (χ4v) is 4.35. The monoisotopic (exact) mass is 569 g/mol. The average Bonchev–Trinajstić information content (AvgIpc) is 3.08. The molecule has 214 valence electrons. The van der Waals surface area contributed by atoms with Crippen LogP contribution in [-0.2, 0) is 24.0 Å².